The fraction of sp³-hybridized carbons (Fsp3) is 0.462. The lowest BCUT2D eigenvalue weighted by atomic mass is 10.2. The van der Waals surface area contributed by atoms with Crippen molar-refractivity contribution >= 4 is 11.9 Å². The monoisotopic (exact) mass is 268 g/mol. The number of hydrogen-bond acceptors (Lipinski definition) is 4. The molecule has 104 valence electrons. The average Bonchev–Trinajstić information content (AvgIpc) is 2.27. The summed E-state index contributed by atoms with van der Waals surface area (Å²) in [6.07, 6.45) is 2.24. The summed E-state index contributed by atoms with van der Waals surface area (Å²) >= 11 is 0. The number of nitrogens with zero attached hydrogens (tertiary/aromatic N) is 1. The summed E-state index contributed by atoms with van der Waals surface area (Å²) in [5, 5.41) is 2.38. The Morgan fingerprint density at radius 2 is 2.05 bits per heavy atom. The van der Waals surface area contributed by atoms with Crippen molar-refractivity contribution in [1.29, 1.82) is 0 Å². The molecule has 1 atom stereocenters. The van der Waals surface area contributed by atoms with E-state index in [4.69, 9.17) is 4.74 Å². The average molecular weight is 268 g/mol. The Kier molecular flexibility index (Phi) is 4.58. The molecule has 0 radical (unpaired) electrons. The highest BCUT2D eigenvalue weighted by atomic mass is 19.1. The minimum atomic E-state index is -0.862. The van der Waals surface area contributed by atoms with Crippen molar-refractivity contribution in [3.05, 3.63) is 29.8 Å². The van der Waals surface area contributed by atoms with Crippen molar-refractivity contribution in [2.75, 3.05) is 0 Å². The highest BCUT2D eigenvalue weighted by Gasteiger charge is 2.24. The molecule has 0 aliphatic carbocycles. The zero-order valence-corrected chi connectivity index (χ0v) is 11.4. The predicted octanol–water partition coefficient (Wildman–Crippen LogP) is 1.68. The van der Waals surface area contributed by atoms with Crippen LogP contribution in [0.4, 0.5) is 4.39 Å². The molecule has 19 heavy (non-hydrogen) atoms. The number of pyridine rings is 1. The van der Waals surface area contributed by atoms with Crippen LogP contribution >= 0.6 is 0 Å². The van der Waals surface area contributed by atoms with Crippen LogP contribution < -0.4 is 5.32 Å². The predicted molar refractivity (Wildman–Crippen MR) is 67.0 cm³/mol. The van der Waals surface area contributed by atoms with Crippen LogP contribution in [-0.4, -0.2) is 28.5 Å². The van der Waals surface area contributed by atoms with E-state index in [1.54, 1.807) is 20.8 Å². The second kappa shape index (κ2) is 5.77. The molecule has 1 rings (SSSR count). The van der Waals surface area contributed by atoms with Gasteiger partial charge in [-0.2, -0.15) is 0 Å². The van der Waals surface area contributed by atoms with Gasteiger partial charge in [0, 0.05) is 6.20 Å². The number of carbonyl (C=O) groups is 2. The SMILES string of the molecule is C[C@@H](NC(=O)c1ccncc1F)C(=O)OC(C)(C)C. The molecule has 0 aliphatic heterocycles. The molecule has 0 spiro atoms. The van der Waals surface area contributed by atoms with Crippen molar-refractivity contribution < 1.29 is 18.7 Å². The maximum atomic E-state index is 13.3. The van der Waals surface area contributed by atoms with E-state index in [1.807, 2.05) is 0 Å². The third-order valence-corrected chi connectivity index (χ3v) is 2.13. The van der Waals surface area contributed by atoms with E-state index in [0.29, 0.717) is 0 Å². The second-order valence-electron chi connectivity index (χ2n) is 5.08. The van der Waals surface area contributed by atoms with Gasteiger partial charge in [-0.1, -0.05) is 0 Å². The maximum absolute atomic E-state index is 13.3. The fourth-order valence-electron chi connectivity index (χ4n) is 1.28. The quantitative estimate of drug-likeness (QED) is 0.847. The molecule has 1 aromatic rings. The Hall–Kier alpha value is -1.98. The van der Waals surface area contributed by atoms with Gasteiger partial charge in [-0.05, 0) is 33.8 Å². The molecule has 0 saturated carbocycles. The summed E-state index contributed by atoms with van der Waals surface area (Å²) < 4.78 is 18.4. The first-order chi connectivity index (χ1) is 8.70. The van der Waals surface area contributed by atoms with Crippen LogP contribution in [0.25, 0.3) is 0 Å². The molecular formula is C13H17FN2O3. The highest BCUT2D eigenvalue weighted by molar-refractivity contribution is 5.96. The van der Waals surface area contributed by atoms with Gasteiger partial charge >= 0.3 is 5.97 Å². The molecule has 0 unspecified atom stereocenters. The van der Waals surface area contributed by atoms with Gasteiger partial charge in [-0.15, -0.1) is 0 Å². The number of amides is 1. The van der Waals surface area contributed by atoms with Gasteiger partial charge in [0.1, 0.15) is 11.6 Å². The molecule has 1 N–H and O–H groups in total. The zero-order valence-electron chi connectivity index (χ0n) is 11.4. The summed E-state index contributed by atoms with van der Waals surface area (Å²) in [4.78, 5) is 27.0. The normalized spacial score (nSPS) is 12.7. The van der Waals surface area contributed by atoms with Gasteiger partial charge in [-0.3, -0.25) is 9.78 Å². The third kappa shape index (κ3) is 4.65. The van der Waals surface area contributed by atoms with Crippen LogP contribution in [0, 0.1) is 5.82 Å². The summed E-state index contributed by atoms with van der Waals surface area (Å²) in [6, 6.07) is 0.381. The fourth-order valence-corrected chi connectivity index (χ4v) is 1.28. The second-order valence-corrected chi connectivity index (χ2v) is 5.08. The van der Waals surface area contributed by atoms with E-state index in [0.717, 1.165) is 6.20 Å². The molecule has 1 heterocycles. The van der Waals surface area contributed by atoms with Crippen LogP contribution in [-0.2, 0) is 9.53 Å². The summed E-state index contributed by atoms with van der Waals surface area (Å²) in [5.41, 5.74) is -0.803. The Bertz CT molecular complexity index is 483. The van der Waals surface area contributed by atoms with Gasteiger partial charge in [0.15, 0.2) is 5.82 Å². The lowest BCUT2D eigenvalue weighted by Gasteiger charge is -2.22. The largest absolute Gasteiger partial charge is 0.458 e. The van der Waals surface area contributed by atoms with Gasteiger partial charge in [0.25, 0.3) is 5.91 Å². The summed E-state index contributed by atoms with van der Waals surface area (Å²) in [6.45, 7) is 6.65. The van der Waals surface area contributed by atoms with E-state index >= 15 is 0 Å². The highest BCUT2D eigenvalue weighted by Crippen LogP contribution is 2.09. The van der Waals surface area contributed by atoms with E-state index in [9.17, 15) is 14.0 Å². The lowest BCUT2D eigenvalue weighted by Crippen LogP contribution is -2.42. The number of halogens is 1. The zero-order chi connectivity index (χ0) is 14.6. The number of aromatic nitrogens is 1. The van der Waals surface area contributed by atoms with E-state index in [-0.39, 0.29) is 5.56 Å². The van der Waals surface area contributed by atoms with Crippen LogP contribution in [0.5, 0.6) is 0 Å². The molecule has 0 bridgehead atoms. The Morgan fingerprint density at radius 1 is 1.42 bits per heavy atom. The smallest absolute Gasteiger partial charge is 0.328 e. The first-order valence-electron chi connectivity index (χ1n) is 5.84. The number of hydrogen-bond donors (Lipinski definition) is 1. The van der Waals surface area contributed by atoms with Crippen molar-refractivity contribution in [2.24, 2.45) is 0 Å². The number of nitrogens with one attached hydrogen (secondary N) is 1. The molecule has 0 aromatic carbocycles. The van der Waals surface area contributed by atoms with Gasteiger partial charge < -0.3 is 10.1 Å². The maximum Gasteiger partial charge on any atom is 0.328 e. The molecule has 0 saturated heterocycles. The van der Waals surface area contributed by atoms with Crippen LogP contribution in [0.2, 0.25) is 0 Å². The van der Waals surface area contributed by atoms with Crippen LogP contribution in [0.1, 0.15) is 38.1 Å². The molecule has 0 fully saturated rings. The Balaban J connectivity index is 2.67. The first-order valence-corrected chi connectivity index (χ1v) is 5.84. The topological polar surface area (TPSA) is 68.3 Å². The molecular weight excluding hydrogens is 251 g/mol. The molecule has 1 aromatic heterocycles. The molecule has 5 nitrogen and oxygen atoms in total. The first kappa shape index (κ1) is 15.1. The Labute approximate surface area is 111 Å². The van der Waals surface area contributed by atoms with Crippen molar-refractivity contribution in [2.45, 2.75) is 39.3 Å². The summed E-state index contributed by atoms with van der Waals surface area (Å²) in [5.74, 6) is -2.00. The van der Waals surface area contributed by atoms with Gasteiger partial charge in [0.2, 0.25) is 0 Å². The molecule has 1 amide bonds. The minimum absolute atomic E-state index is 0.162. The van der Waals surface area contributed by atoms with Crippen LogP contribution in [0.15, 0.2) is 18.5 Å². The summed E-state index contributed by atoms with van der Waals surface area (Å²) in [7, 11) is 0. The van der Waals surface area contributed by atoms with Crippen molar-refractivity contribution in [3.8, 4) is 0 Å². The van der Waals surface area contributed by atoms with Crippen LogP contribution in [0.3, 0.4) is 0 Å². The van der Waals surface area contributed by atoms with E-state index in [1.165, 1.54) is 19.2 Å². The van der Waals surface area contributed by atoms with Crippen molar-refractivity contribution in [1.82, 2.24) is 10.3 Å². The lowest BCUT2D eigenvalue weighted by molar-refractivity contribution is -0.156. The minimum Gasteiger partial charge on any atom is -0.458 e. The molecule has 6 heteroatoms. The standard InChI is InChI=1S/C13H17FN2O3/c1-8(12(18)19-13(2,3)4)16-11(17)9-5-6-15-7-10(9)14/h5-8H,1-4H3,(H,16,17)/t8-/m1/s1. The number of rotatable bonds is 3. The van der Waals surface area contributed by atoms with E-state index < -0.39 is 29.3 Å². The number of ether oxygens (including phenoxy) is 1. The van der Waals surface area contributed by atoms with E-state index in [2.05, 4.69) is 10.3 Å². The van der Waals surface area contributed by atoms with Crippen molar-refractivity contribution in [3.63, 3.8) is 0 Å². The number of esters is 1. The van der Waals surface area contributed by atoms with Gasteiger partial charge in [0.05, 0.1) is 11.8 Å². The van der Waals surface area contributed by atoms with Gasteiger partial charge in [-0.25, -0.2) is 9.18 Å². The third-order valence-electron chi connectivity index (χ3n) is 2.13. The molecule has 0 aliphatic rings. The Morgan fingerprint density at radius 3 is 2.58 bits per heavy atom. The number of carbonyl (C=O) groups excluding carboxylic acids is 2.